The normalized spacial score (nSPS) is 28.1. The standard InChI is InChI=1S/C11H17N3/c1-14-6-4-9(7-12)11(14)10-3-2-5-13-8-10/h2-3,5,8-9,11H,4,6-7,12H2,1H3/t9-,11-/m1/s1. The first-order valence-corrected chi connectivity index (χ1v) is 5.13. The molecule has 76 valence electrons. The molecule has 2 rings (SSSR count). The van der Waals surface area contributed by atoms with Gasteiger partial charge in [-0.2, -0.15) is 0 Å². The molecule has 1 fully saturated rings. The zero-order valence-corrected chi connectivity index (χ0v) is 8.56. The summed E-state index contributed by atoms with van der Waals surface area (Å²) in [6.45, 7) is 1.91. The van der Waals surface area contributed by atoms with E-state index in [2.05, 4.69) is 23.0 Å². The summed E-state index contributed by atoms with van der Waals surface area (Å²) in [5.41, 5.74) is 7.07. The predicted molar refractivity (Wildman–Crippen MR) is 56.8 cm³/mol. The molecule has 1 aliphatic heterocycles. The van der Waals surface area contributed by atoms with Gasteiger partial charge in [-0.15, -0.1) is 0 Å². The van der Waals surface area contributed by atoms with Gasteiger partial charge in [0.25, 0.3) is 0 Å². The summed E-state index contributed by atoms with van der Waals surface area (Å²) in [6.07, 6.45) is 4.97. The molecule has 2 N–H and O–H groups in total. The average molecular weight is 191 g/mol. The summed E-state index contributed by atoms with van der Waals surface area (Å²) >= 11 is 0. The number of pyridine rings is 1. The maximum absolute atomic E-state index is 5.78. The van der Waals surface area contributed by atoms with Crippen LogP contribution < -0.4 is 5.73 Å². The van der Waals surface area contributed by atoms with E-state index in [4.69, 9.17) is 5.73 Å². The van der Waals surface area contributed by atoms with Crippen molar-refractivity contribution in [2.75, 3.05) is 20.1 Å². The number of hydrogen-bond donors (Lipinski definition) is 1. The molecule has 3 heteroatoms. The third-order valence-electron chi connectivity index (χ3n) is 3.10. The van der Waals surface area contributed by atoms with E-state index in [-0.39, 0.29) is 0 Å². The van der Waals surface area contributed by atoms with Crippen molar-refractivity contribution in [3.8, 4) is 0 Å². The minimum atomic E-state index is 0.466. The monoisotopic (exact) mass is 191 g/mol. The first-order chi connectivity index (χ1) is 6.83. The first-order valence-electron chi connectivity index (χ1n) is 5.13. The number of nitrogens with two attached hydrogens (primary N) is 1. The molecular weight excluding hydrogens is 174 g/mol. The van der Waals surface area contributed by atoms with Crippen LogP contribution in [-0.2, 0) is 0 Å². The van der Waals surface area contributed by atoms with Crippen LogP contribution in [-0.4, -0.2) is 30.0 Å². The van der Waals surface area contributed by atoms with Crippen molar-refractivity contribution in [1.82, 2.24) is 9.88 Å². The van der Waals surface area contributed by atoms with Gasteiger partial charge in [0.2, 0.25) is 0 Å². The number of aromatic nitrogens is 1. The molecule has 3 nitrogen and oxygen atoms in total. The van der Waals surface area contributed by atoms with E-state index in [0.717, 1.165) is 13.1 Å². The Balaban J connectivity index is 2.23. The van der Waals surface area contributed by atoms with Gasteiger partial charge in [-0.3, -0.25) is 9.88 Å². The second-order valence-electron chi connectivity index (χ2n) is 4.00. The molecule has 1 saturated heterocycles. The highest BCUT2D eigenvalue weighted by molar-refractivity contribution is 5.16. The van der Waals surface area contributed by atoms with Gasteiger partial charge < -0.3 is 5.73 Å². The Morgan fingerprint density at radius 1 is 1.64 bits per heavy atom. The van der Waals surface area contributed by atoms with E-state index in [1.54, 1.807) is 0 Å². The molecule has 0 spiro atoms. The summed E-state index contributed by atoms with van der Waals surface area (Å²) in [4.78, 5) is 6.53. The van der Waals surface area contributed by atoms with Crippen LogP contribution in [0.3, 0.4) is 0 Å². The lowest BCUT2D eigenvalue weighted by Crippen LogP contribution is -2.25. The van der Waals surface area contributed by atoms with E-state index in [0.29, 0.717) is 12.0 Å². The third kappa shape index (κ3) is 1.65. The van der Waals surface area contributed by atoms with E-state index < -0.39 is 0 Å². The fourth-order valence-electron chi connectivity index (χ4n) is 2.35. The molecule has 14 heavy (non-hydrogen) atoms. The van der Waals surface area contributed by atoms with Crippen LogP contribution >= 0.6 is 0 Å². The van der Waals surface area contributed by atoms with E-state index >= 15 is 0 Å². The molecule has 2 atom stereocenters. The van der Waals surface area contributed by atoms with Crippen molar-refractivity contribution in [3.63, 3.8) is 0 Å². The summed E-state index contributed by atoms with van der Waals surface area (Å²) < 4.78 is 0. The molecule has 2 heterocycles. The van der Waals surface area contributed by atoms with Crippen LogP contribution in [0.4, 0.5) is 0 Å². The molecule has 1 aromatic heterocycles. The molecule has 0 aliphatic carbocycles. The van der Waals surface area contributed by atoms with Gasteiger partial charge in [-0.25, -0.2) is 0 Å². The average Bonchev–Trinajstić information content (AvgIpc) is 2.61. The Hall–Kier alpha value is -0.930. The molecule has 0 saturated carbocycles. The smallest absolute Gasteiger partial charge is 0.0400 e. The summed E-state index contributed by atoms with van der Waals surface area (Å²) in [7, 11) is 2.16. The van der Waals surface area contributed by atoms with Crippen molar-refractivity contribution in [2.45, 2.75) is 12.5 Å². The number of hydrogen-bond acceptors (Lipinski definition) is 3. The van der Waals surface area contributed by atoms with Gasteiger partial charge in [0.1, 0.15) is 0 Å². The van der Waals surface area contributed by atoms with Crippen molar-refractivity contribution in [1.29, 1.82) is 0 Å². The van der Waals surface area contributed by atoms with Gasteiger partial charge in [0.05, 0.1) is 0 Å². The van der Waals surface area contributed by atoms with Gasteiger partial charge in [-0.05, 0) is 44.1 Å². The lowest BCUT2D eigenvalue weighted by molar-refractivity contribution is 0.279. The number of rotatable bonds is 2. The van der Waals surface area contributed by atoms with Gasteiger partial charge >= 0.3 is 0 Å². The lowest BCUT2D eigenvalue weighted by atomic mass is 9.95. The van der Waals surface area contributed by atoms with Crippen LogP contribution in [0.1, 0.15) is 18.0 Å². The van der Waals surface area contributed by atoms with Crippen LogP contribution in [0.5, 0.6) is 0 Å². The number of likely N-dealkylation sites (tertiary alicyclic amines) is 1. The van der Waals surface area contributed by atoms with Crippen molar-refractivity contribution >= 4 is 0 Å². The zero-order chi connectivity index (χ0) is 9.97. The lowest BCUT2D eigenvalue weighted by Gasteiger charge is -2.24. The topological polar surface area (TPSA) is 42.1 Å². The second-order valence-corrected chi connectivity index (χ2v) is 4.00. The van der Waals surface area contributed by atoms with Gasteiger partial charge in [0.15, 0.2) is 0 Å². The molecule has 1 aromatic rings. The molecule has 0 unspecified atom stereocenters. The number of nitrogens with zero attached hydrogens (tertiary/aromatic N) is 2. The predicted octanol–water partition coefficient (Wildman–Crippen LogP) is 1.03. The van der Waals surface area contributed by atoms with Crippen LogP contribution in [0.2, 0.25) is 0 Å². The fourth-order valence-corrected chi connectivity index (χ4v) is 2.35. The second kappa shape index (κ2) is 4.07. The highest BCUT2D eigenvalue weighted by atomic mass is 15.2. The van der Waals surface area contributed by atoms with Crippen molar-refractivity contribution < 1.29 is 0 Å². The van der Waals surface area contributed by atoms with Gasteiger partial charge in [0, 0.05) is 18.4 Å². The Kier molecular flexibility index (Phi) is 2.79. The molecule has 1 aliphatic rings. The Labute approximate surface area is 84.9 Å². The first kappa shape index (κ1) is 9.62. The quantitative estimate of drug-likeness (QED) is 0.759. The molecule has 0 bridgehead atoms. The minimum absolute atomic E-state index is 0.466. The molecule has 0 amide bonds. The van der Waals surface area contributed by atoms with E-state index in [1.165, 1.54) is 12.0 Å². The van der Waals surface area contributed by atoms with E-state index in [9.17, 15) is 0 Å². The highest BCUT2D eigenvalue weighted by Gasteiger charge is 2.31. The van der Waals surface area contributed by atoms with Gasteiger partial charge in [-0.1, -0.05) is 6.07 Å². The van der Waals surface area contributed by atoms with Crippen LogP contribution in [0.25, 0.3) is 0 Å². The summed E-state index contributed by atoms with van der Waals surface area (Å²) in [6, 6.07) is 4.60. The molecule has 0 radical (unpaired) electrons. The third-order valence-corrected chi connectivity index (χ3v) is 3.10. The Morgan fingerprint density at radius 3 is 3.14 bits per heavy atom. The largest absolute Gasteiger partial charge is 0.330 e. The Morgan fingerprint density at radius 2 is 2.50 bits per heavy atom. The van der Waals surface area contributed by atoms with E-state index in [1.807, 2.05) is 18.5 Å². The highest BCUT2D eigenvalue weighted by Crippen LogP contribution is 2.34. The molecule has 0 aromatic carbocycles. The Bertz CT molecular complexity index is 286. The van der Waals surface area contributed by atoms with Crippen LogP contribution in [0, 0.1) is 5.92 Å². The summed E-state index contributed by atoms with van der Waals surface area (Å²) in [5.74, 6) is 0.587. The SMILES string of the molecule is CN1CC[C@H](CN)[C@@H]1c1cccnc1. The maximum Gasteiger partial charge on any atom is 0.0400 e. The fraction of sp³-hybridized carbons (Fsp3) is 0.545. The molecular formula is C11H17N3. The van der Waals surface area contributed by atoms with Crippen molar-refractivity contribution in [3.05, 3.63) is 30.1 Å². The zero-order valence-electron chi connectivity index (χ0n) is 8.56. The maximum atomic E-state index is 5.78. The summed E-state index contributed by atoms with van der Waals surface area (Å²) in [5, 5.41) is 0. The van der Waals surface area contributed by atoms with Crippen molar-refractivity contribution in [2.24, 2.45) is 11.7 Å². The minimum Gasteiger partial charge on any atom is -0.330 e. The van der Waals surface area contributed by atoms with Crippen LogP contribution in [0.15, 0.2) is 24.5 Å².